The van der Waals surface area contributed by atoms with Gasteiger partial charge in [0.2, 0.25) is 11.1 Å². The van der Waals surface area contributed by atoms with Crippen molar-refractivity contribution in [3.05, 3.63) is 53.3 Å². The molecule has 0 bridgehead atoms. The Morgan fingerprint density at radius 3 is 2.59 bits per heavy atom. The van der Waals surface area contributed by atoms with Crippen molar-refractivity contribution in [1.29, 1.82) is 0 Å². The molecule has 194 valence electrons. The molecule has 1 atom stereocenters. The van der Waals surface area contributed by atoms with Crippen molar-refractivity contribution in [3.63, 3.8) is 0 Å². The van der Waals surface area contributed by atoms with E-state index in [1.807, 2.05) is 24.8 Å². The summed E-state index contributed by atoms with van der Waals surface area (Å²) in [6, 6.07) is 9.91. The number of carboxylic acid groups (broad SMARTS) is 1. The maximum absolute atomic E-state index is 14.3. The summed E-state index contributed by atoms with van der Waals surface area (Å²) in [4.78, 5) is 29.2. The number of carbonyl (C=O) groups excluding carboxylic acids is 1. The fraction of sp³-hybridized carbons (Fsp3) is 0.400. The number of anilines is 2. The molecule has 0 radical (unpaired) electrons. The summed E-state index contributed by atoms with van der Waals surface area (Å²) in [5.74, 6) is -2.31. The third-order valence-electron chi connectivity index (χ3n) is 6.89. The Balaban J connectivity index is 1.38. The highest BCUT2D eigenvalue weighted by Crippen LogP contribution is 2.40. The molecule has 2 aliphatic rings. The third kappa shape index (κ3) is 4.78. The minimum atomic E-state index is -1.36. The predicted molar refractivity (Wildman–Crippen MR) is 136 cm³/mol. The number of thioether (sulfide) groups is 1. The van der Waals surface area contributed by atoms with E-state index in [1.54, 1.807) is 0 Å². The molecule has 0 saturated carbocycles. The van der Waals surface area contributed by atoms with Gasteiger partial charge in [0, 0.05) is 37.1 Å². The number of carboxylic acids is 1. The lowest BCUT2D eigenvalue weighted by molar-refractivity contribution is -0.120. The molecule has 10 nitrogen and oxygen atoms in total. The molecule has 1 saturated heterocycles. The van der Waals surface area contributed by atoms with E-state index in [1.165, 1.54) is 28.6 Å². The lowest BCUT2D eigenvalue weighted by atomic mass is 10.1. The lowest BCUT2D eigenvalue weighted by Crippen LogP contribution is -2.44. The first-order valence-electron chi connectivity index (χ1n) is 12.1. The van der Waals surface area contributed by atoms with Gasteiger partial charge in [0.15, 0.2) is 0 Å². The molecule has 1 N–H and O–H groups in total. The maximum Gasteiger partial charge on any atom is 0.338 e. The highest BCUT2D eigenvalue weighted by Gasteiger charge is 2.40. The summed E-state index contributed by atoms with van der Waals surface area (Å²) in [7, 11) is 0. The van der Waals surface area contributed by atoms with Crippen LogP contribution in [0, 0.1) is 5.82 Å². The Morgan fingerprint density at radius 2 is 1.89 bits per heavy atom. The fourth-order valence-electron chi connectivity index (χ4n) is 4.59. The van der Waals surface area contributed by atoms with Crippen LogP contribution >= 0.6 is 11.8 Å². The number of morpholine rings is 1. The van der Waals surface area contributed by atoms with E-state index in [2.05, 4.69) is 32.6 Å². The van der Waals surface area contributed by atoms with Crippen molar-refractivity contribution in [2.24, 2.45) is 0 Å². The van der Waals surface area contributed by atoms with Crippen LogP contribution in [0.1, 0.15) is 36.2 Å². The summed E-state index contributed by atoms with van der Waals surface area (Å²) in [6.45, 7) is 7.50. The molecule has 37 heavy (non-hydrogen) atoms. The number of aromatic carboxylic acids is 1. The Morgan fingerprint density at radius 1 is 1.14 bits per heavy atom. The lowest BCUT2D eigenvalue weighted by Gasteiger charge is -2.31. The molecule has 0 spiro atoms. The maximum atomic E-state index is 14.3. The zero-order valence-electron chi connectivity index (χ0n) is 20.6. The van der Waals surface area contributed by atoms with Crippen molar-refractivity contribution in [2.75, 3.05) is 42.6 Å². The summed E-state index contributed by atoms with van der Waals surface area (Å²) >= 11 is 1.21. The standard InChI is InChI=1S/C25H27FN6O4S/c1-3-25(2,37-24-27-28-29-32(24)18-4-6-19(22(33)34)20(26)15-18)23(35)31-9-8-16-14-17(5-7-21(16)31)30-10-12-36-13-11-30/h4-7,14-15H,3,8-13H2,1-2H3,(H,33,34). The molecule has 5 rings (SSSR count). The third-order valence-corrected chi connectivity index (χ3v) is 8.24. The fourth-order valence-corrected chi connectivity index (χ4v) is 5.64. The van der Waals surface area contributed by atoms with E-state index in [0.717, 1.165) is 42.5 Å². The van der Waals surface area contributed by atoms with E-state index in [9.17, 15) is 14.0 Å². The van der Waals surface area contributed by atoms with Crippen molar-refractivity contribution in [1.82, 2.24) is 20.2 Å². The van der Waals surface area contributed by atoms with Gasteiger partial charge in [-0.3, -0.25) is 4.79 Å². The minimum Gasteiger partial charge on any atom is -0.478 e. The van der Waals surface area contributed by atoms with Crippen LogP contribution in [-0.4, -0.2) is 74.8 Å². The van der Waals surface area contributed by atoms with Crippen LogP contribution in [-0.2, 0) is 16.0 Å². The van der Waals surface area contributed by atoms with Gasteiger partial charge in [0.05, 0.1) is 29.2 Å². The Kier molecular flexibility index (Phi) is 6.86. The van der Waals surface area contributed by atoms with Crippen LogP contribution in [0.5, 0.6) is 0 Å². The highest BCUT2D eigenvalue weighted by atomic mass is 32.2. The van der Waals surface area contributed by atoms with E-state index < -0.39 is 22.1 Å². The van der Waals surface area contributed by atoms with Crippen molar-refractivity contribution < 1.29 is 23.8 Å². The smallest absolute Gasteiger partial charge is 0.338 e. The highest BCUT2D eigenvalue weighted by molar-refractivity contribution is 8.01. The minimum absolute atomic E-state index is 0.0557. The largest absolute Gasteiger partial charge is 0.478 e. The SMILES string of the molecule is CCC(C)(Sc1nnnn1-c1ccc(C(=O)O)c(F)c1)C(=O)N1CCc2cc(N3CCOCC3)ccc21. The molecule has 2 aromatic carbocycles. The molecule has 1 fully saturated rings. The second-order valence-corrected chi connectivity index (χ2v) is 10.6. The summed E-state index contributed by atoms with van der Waals surface area (Å²) in [6.07, 6.45) is 1.28. The number of rotatable bonds is 7. The van der Waals surface area contributed by atoms with Gasteiger partial charge < -0.3 is 19.6 Å². The molecule has 3 aromatic rings. The van der Waals surface area contributed by atoms with Gasteiger partial charge in [-0.2, -0.15) is 4.68 Å². The topological polar surface area (TPSA) is 114 Å². The van der Waals surface area contributed by atoms with Gasteiger partial charge in [0.25, 0.3) is 0 Å². The average Bonchev–Trinajstić information content (AvgIpc) is 3.55. The van der Waals surface area contributed by atoms with Crippen LogP contribution in [0.4, 0.5) is 15.8 Å². The zero-order chi connectivity index (χ0) is 26.2. The average molecular weight is 527 g/mol. The molecule has 1 aromatic heterocycles. The van der Waals surface area contributed by atoms with E-state index in [0.29, 0.717) is 31.3 Å². The molecule has 12 heteroatoms. The number of benzene rings is 2. The first kappa shape index (κ1) is 25.2. The summed E-state index contributed by atoms with van der Waals surface area (Å²) < 4.78 is 20.2. The molecule has 1 unspecified atom stereocenters. The number of amides is 1. The van der Waals surface area contributed by atoms with Crippen molar-refractivity contribution in [3.8, 4) is 5.69 Å². The molecule has 0 aliphatic carbocycles. The van der Waals surface area contributed by atoms with Crippen LogP contribution in [0.2, 0.25) is 0 Å². The van der Waals surface area contributed by atoms with E-state index in [-0.39, 0.29) is 11.6 Å². The van der Waals surface area contributed by atoms with Gasteiger partial charge in [-0.15, -0.1) is 5.10 Å². The monoisotopic (exact) mass is 526 g/mol. The van der Waals surface area contributed by atoms with E-state index >= 15 is 0 Å². The number of tetrazole rings is 1. The molecular weight excluding hydrogens is 499 g/mol. The van der Waals surface area contributed by atoms with Gasteiger partial charge in [-0.05, 0) is 66.1 Å². The number of nitrogens with zero attached hydrogens (tertiary/aromatic N) is 6. The Labute approximate surface area is 217 Å². The van der Waals surface area contributed by atoms with Gasteiger partial charge in [-0.1, -0.05) is 18.7 Å². The first-order chi connectivity index (χ1) is 17.8. The van der Waals surface area contributed by atoms with Crippen molar-refractivity contribution in [2.45, 2.75) is 36.6 Å². The van der Waals surface area contributed by atoms with Crippen LogP contribution < -0.4 is 9.80 Å². The van der Waals surface area contributed by atoms with E-state index in [4.69, 9.17) is 9.84 Å². The van der Waals surface area contributed by atoms with Gasteiger partial charge in [-0.25, -0.2) is 9.18 Å². The van der Waals surface area contributed by atoms with Crippen molar-refractivity contribution >= 4 is 35.0 Å². The number of aromatic nitrogens is 4. The number of hydrogen-bond acceptors (Lipinski definition) is 8. The molecule has 2 aliphatic heterocycles. The predicted octanol–water partition coefficient (Wildman–Crippen LogP) is 3.19. The number of ether oxygens (including phenoxy) is 1. The summed E-state index contributed by atoms with van der Waals surface area (Å²) in [5, 5.41) is 21.1. The van der Waals surface area contributed by atoms with Gasteiger partial charge in [0.1, 0.15) is 5.82 Å². The number of halogens is 1. The zero-order valence-corrected chi connectivity index (χ0v) is 21.4. The quantitative estimate of drug-likeness (QED) is 0.464. The molecular formula is C25H27FN6O4S. The summed E-state index contributed by atoms with van der Waals surface area (Å²) in [5.41, 5.74) is 3.02. The number of carbonyl (C=O) groups is 2. The number of hydrogen-bond donors (Lipinski definition) is 1. The first-order valence-corrected chi connectivity index (χ1v) is 12.9. The van der Waals surface area contributed by atoms with Crippen LogP contribution in [0.3, 0.4) is 0 Å². The number of fused-ring (bicyclic) bond motifs is 1. The molecule has 1 amide bonds. The van der Waals surface area contributed by atoms with Crippen LogP contribution in [0.25, 0.3) is 5.69 Å². The Hall–Kier alpha value is -3.51. The normalized spacial score (nSPS) is 16.9. The van der Waals surface area contributed by atoms with Gasteiger partial charge >= 0.3 is 5.97 Å². The Bertz CT molecular complexity index is 1340. The second kappa shape index (κ2) is 10.1. The second-order valence-electron chi connectivity index (χ2n) is 9.15. The van der Waals surface area contributed by atoms with Crippen LogP contribution in [0.15, 0.2) is 41.6 Å². The molecule has 3 heterocycles.